The number of nitrogens with one attached hydrogen (secondary N) is 1. The molecule has 108 valence electrons. The van der Waals surface area contributed by atoms with Gasteiger partial charge in [0.05, 0.1) is 4.90 Å². The molecule has 0 heterocycles. The fourth-order valence-corrected chi connectivity index (χ4v) is 2.27. The predicted octanol–water partition coefficient (Wildman–Crippen LogP) is 1.03. The van der Waals surface area contributed by atoms with Gasteiger partial charge >= 0.3 is 15.5 Å². The quantitative estimate of drug-likeness (QED) is 0.899. The van der Waals surface area contributed by atoms with E-state index in [4.69, 9.17) is 0 Å². The van der Waals surface area contributed by atoms with Crippen LogP contribution in [0.5, 0.6) is 0 Å². The molecule has 0 saturated heterocycles. The Bertz CT molecular complexity index is 648. The molecule has 1 N–H and O–H groups in total. The standard InChI is InChI=1S/C9H10F3NO4S2/c1-18(14,15)8-4-2-7(3-5-8)6-13-19(16,17)9(10,11)12/h2-5,13H,6H2,1H3. The van der Waals surface area contributed by atoms with Crippen LogP contribution in [-0.2, 0) is 26.4 Å². The topological polar surface area (TPSA) is 80.3 Å². The molecule has 1 aromatic carbocycles. The predicted molar refractivity (Wildman–Crippen MR) is 61.4 cm³/mol. The summed E-state index contributed by atoms with van der Waals surface area (Å²) in [4.78, 5) is -0.00470. The Balaban J connectivity index is 2.82. The lowest BCUT2D eigenvalue weighted by atomic mass is 10.2. The monoisotopic (exact) mass is 317 g/mol. The van der Waals surface area contributed by atoms with Crippen molar-refractivity contribution in [1.82, 2.24) is 4.72 Å². The molecule has 0 fully saturated rings. The minimum absolute atomic E-state index is 0.00470. The van der Waals surface area contributed by atoms with Crippen LogP contribution in [0.15, 0.2) is 29.2 Å². The van der Waals surface area contributed by atoms with Crippen molar-refractivity contribution in [2.45, 2.75) is 16.9 Å². The van der Waals surface area contributed by atoms with E-state index in [1.807, 2.05) is 0 Å². The van der Waals surface area contributed by atoms with Crippen LogP contribution in [0.25, 0.3) is 0 Å². The van der Waals surface area contributed by atoms with E-state index in [1.165, 1.54) is 29.0 Å². The summed E-state index contributed by atoms with van der Waals surface area (Å²) >= 11 is 0. The number of sulfonamides is 1. The van der Waals surface area contributed by atoms with E-state index in [0.717, 1.165) is 6.26 Å². The van der Waals surface area contributed by atoms with Crippen LogP contribution in [0.3, 0.4) is 0 Å². The van der Waals surface area contributed by atoms with Crippen LogP contribution in [-0.4, -0.2) is 28.6 Å². The summed E-state index contributed by atoms with van der Waals surface area (Å²) in [6.45, 7) is -0.577. The highest BCUT2D eigenvalue weighted by Crippen LogP contribution is 2.22. The average molecular weight is 317 g/mol. The number of hydrogen-bond donors (Lipinski definition) is 1. The number of rotatable bonds is 4. The Morgan fingerprint density at radius 1 is 1.05 bits per heavy atom. The first kappa shape index (κ1) is 15.9. The first-order valence-electron chi connectivity index (χ1n) is 4.78. The molecule has 0 aliphatic carbocycles. The third-order valence-electron chi connectivity index (χ3n) is 2.12. The molecular formula is C9H10F3NO4S2. The summed E-state index contributed by atoms with van der Waals surface area (Å²) in [6.07, 6.45) is 0.981. The van der Waals surface area contributed by atoms with Gasteiger partial charge in [0.1, 0.15) is 0 Å². The van der Waals surface area contributed by atoms with Gasteiger partial charge in [-0.25, -0.2) is 21.6 Å². The smallest absolute Gasteiger partial charge is 0.224 e. The van der Waals surface area contributed by atoms with Crippen LogP contribution >= 0.6 is 0 Å². The molecule has 0 bridgehead atoms. The lowest BCUT2D eigenvalue weighted by molar-refractivity contribution is -0.0448. The van der Waals surface area contributed by atoms with E-state index in [2.05, 4.69) is 0 Å². The van der Waals surface area contributed by atoms with Crippen molar-refractivity contribution in [2.75, 3.05) is 6.26 Å². The summed E-state index contributed by atoms with van der Waals surface area (Å²) in [5.74, 6) is 0. The second kappa shape index (κ2) is 5.10. The zero-order chi connectivity index (χ0) is 14.9. The van der Waals surface area contributed by atoms with Gasteiger partial charge in [-0.3, -0.25) is 0 Å². The zero-order valence-electron chi connectivity index (χ0n) is 9.60. The zero-order valence-corrected chi connectivity index (χ0v) is 11.2. The number of alkyl halides is 3. The second-order valence-corrected chi connectivity index (χ2v) is 7.46. The van der Waals surface area contributed by atoms with Crippen molar-refractivity contribution in [3.63, 3.8) is 0 Å². The molecule has 0 saturated carbocycles. The van der Waals surface area contributed by atoms with Crippen molar-refractivity contribution in [3.05, 3.63) is 29.8 Å². The summed E-state index contributed by atoms with van der Waals surface area (Å²) in [6, 6.07) is 4.84. The second-order valence-electron chi connectivity index (χ2n) is 3.69. The number of benzene rings is 1. The van der Waals surface area contributed by atoms with Gasteiger partial charge in [0.25, 0.3) is 0 Å². The van der Waals surface area contributed by atoms with Crippen molar-refractivity contribution in [2.24, 2.45) is 0 Å². The molecule has 1 aromatic rings. The molecule has 0 spiro atoms. The highest BCUT2D eigenvalue weighted by atomic mass is 32.2. The third kappa shape index (κ3) is 4.18. The Kier molecular flexibility index (Phi) is 4.27. The number of sulfone groups is 1. The van der Waals surface area contributed by atoms with Crippen LogP contribution in [0.1, 0.15) is 5.56 Å². The summed E-state index contributed by atoms with van der Waals surface area (Å²) < 4.78 is 81.2. The van der Waals surface area contributed by atoms with Crippen molar-refractivity contribution >= 4 is 19.9 Å². The van der Waals surface area contributed by atoms with Crippen molar-refractivity contribution < 1.29 is 30.0 Å². The summed E-state index contributed by atoms with van der Waals surface area (Å²) in [7, 11) is -8.81. The van der Waals surface area contributed by atoms with Crippen LogP contribution < -0.4 is 4.72 Å². The average Bonchev–Trinajstić information content (AvgIpc) is 2.24. The maximum atomic E-state index is 12.0. The van der Waals surface area contributed by atoms with E-state index in [0.29, 0.717) is 0 Å². The Labute approximate surface area is 108 Å². The van der Waals surface area contributed by atoms with Crippen LogP contribution in [0.4, 0.5) is 13.2 Å². The first-order valence-corrected chi connectivity index (χ1v) is 8.16. The molecule has 10 heteroatoms. The highest BCUT2D eigenvalue weighted by Gasteiger charge is 2.45. The molecule has 1 rings (SSSR count). The fourth-order valence-electron chi connectivity index (χ4n) is 1.11. The SMILES string of the molecule is CS(=O)(=O)c1ccc(CNS(=O)(=O)C(F)(F)F)cc1. The van der Waals surface area contributed by atoms with Gasteiger partial charge in [0, 0.05) is 12.8 Å². The van der Waals surface area contributed by atoms with Crippen LogP contribution in [0.2, 0.25) is 0 Å². The molecule has 0 unspecified atom stereocenters. The molecule has 19 heavy (non-hydrogen) atoms. The molecule has 0 aliphatic rings. The van der Waals surface area contributed by atoms with E-state index < -0.39 is 31.9 Å². The molecule has 5 nitrogen and oxygen atoms in total. The number of halogens is 3. The van der Waals surface area contributed by atoms with Gasteiger partial charge in [-0.15, -0.1) is 0 Å². The minimum Gasteiger partial charge on any atom is -0.224 e. The van der Waals surface area contributed by atoms with Gasteiger partial charge in [0.2, 0.25) is 0 Å². The summed E-state index contributed by atoms with van der Waals surface area (Å²) in [5.41, 5.74) is -5.17. The lowest BCUT2D eigenvalue weighted by Crippen LogP contribution is -2.35. The molecule has 0 atom stereocenters. The largest absolute Gasteiger partial charge is 0.511 e. The Morgan fingerprint density at radius 2 is 1.53 bits per heavy atom. The van der Waals surface area contributed by atoms with Crippen LogP contribution in [0, 0.1) is 0 Å². The van der Waals surface area contributed by atoms with E-state index in [9.17, 15) is 30.0 Å². The fraction of sp³-hybridized carbons (Fsp3) is 0.333. The minimum atomic E-state index is -5.40. The molecule has 0 radical (unpaired) electrons. The Morgan fingerprint density at radius 3 is 1.89 bits per heavy atom. The van der Waals surface area contributed by atoms with E-state index in [1.54, 1.807) is 0 Å². The third-order valence-corrected chi connectivity index (χ3v) is 4.38. The van der Waals surface area contributed by atoms with E-state index >= 15 is 0 Å². The van der Waals surface area contributed by atoms with Gasteiger partial charge in [0.15, 0.2) is 9.84 Å². The Hall–Kier alpha value is -1.13. The first-order chi connectivity index (χ1) is 8.43. The van der Waals surface area contributed by atoms with E-state index in [-0.39, 0.29) is 10.5 Å². The molecule has 0 amide bonds. The number of hydrogen-bond acceptors (Lipinski definition) is 4. The molecule has 0 aromatic heterocycles. The maximum absolute atomic E-state index is 12.0. The molecule has 0 aliphatic heterocycles. The highest BCUT2D eigenvalue weighted by molar-refractivity contribution is 7.90. The van der Waals surface area contributed by atoms with Crippen molar-refractivity contribution in [1.29, 1.82) is 0 Å². The van der Waals surface area contributed by atoms with Crippen molar-refractivity contribution in [3.8, 4) is 0 Å². The normalized spacial score (nSPS) is 13.5. The maximum Gasteiger partial charge on any atom is 0.511 e. The van der Waals surface area contributed by atoms with Gasteiger partial charge in [-0.2, -0.15) is 13.2 Å². The summed E-state index contributed by atoms with van der Waals surface area (Å²) in [5, 5.41) is 0. The van der Waals surface area contributed by atoms with Gasteiger partial charge in [-0.1, -0.05) is 12.1 Å². The molecular weight excluding hydrogens is 307 g/mol. The van der Waals surface area contributed by atoms with Gasteiger partial charge < -0.3 is 0 Å². The van der Waals surface area contributed by atoms with Gasteiger partial charge in [-0.05, 0) is 17.7 Å². The lowest BCUT2D eigenvalue weighted by Gasteiger charge is -2.09.